The fraction of sp³-hybridized carbons (Fsp3) is 0.714. The fourth-order valence-corrected chi connectivity index (χ4v) is 2.37. The normalized spacial score (nSPS) is 11.1. The molecule has 0 bridgehead atoms. The van der Waals surface area contributed by atoms with Crippen LogP contribution in [0.25, 0.3) is 0 Å². The Bertz CT molecular complexity index is 411. The lowest BCUT2D eigenvalue weighted by atomic mass is 10.4. The Morgan fingerprint density at radius 2 is 2.24 bits per heavy atom. The molecule has 0 aliphatic carbocycles. The molecule has 0 aliphatic rings. The zero-order valence-corrected chi connectivity index (χ0v) is 16.5. The first-order valence-corrected chi connectivity index (χ1v) is 8.03. The first kappa shape index (κ1) is 20.6. The smallest absolute Gasteiger partial charge is 0.194 e. The Labute approximate surface area is 149 Å². The van der Waals surface area contributed by atoms with Crippen molar-refractivity contribution in [1.29, 1.82) is 0 Å². The molecule has 1 rings (SSSR count). The van der Waals surface area contributed by atoms with Gasteiger partial charge in [-0.1, -0.05) is 0 Å². The van der Waals surface area contributed by atoms with E-state index in [2.05, 4.69) is 32.5 Å². The summed E-state index contributed by atoms with van der Waals surface area (Å²) >= 11 is 1.68. The molecule has 122 valence electrons. The summed E-state index contributed by atoms with van der Waals surface area (Å²) < 4.78 is 5.32. The Hall–Kier alpha value is -0.410. The monoisotopic (exact) mass is 426 g/mol. The Morgan fingerprint density at radius 1 is 1.48 bits per heavy atom. The molecule has 0 atom stereocenters. The minimum absolute atomic E-state index is 0. The van der Waals surface area contributed by atoms with Crippen molar-refractivity contribution < 1.29 is 4.74 Å². The number of hydrogen-bond acceptors (Lipinski definition) is 4. The van der Waals surface area contributed by atoms with Crippen LogP contribution in [-0.2, 0) is 11.3 Å². The van der Waals surface area contributed by atoms with E-state index in [1.165, 1.54) is 0 Å². The van der Waals surface area contributed by atoms with Gasteiger partial charge in [-0.3, -0.25) is 4.99 Å². The number of aromatic nitrogens is 1. The number of rotatable bonds is 8. The maximum absolute atomic E-state index is 5.32. The highest BCUT2D eigenvalue weighted by Gasteiger charge is 2.08. The van der Waals surface area contributed by atoms with E-state index in [0.717, 1.165) is 55.9 Å². The average Bonchev–Trinajstić information content (AvgIpc) is 2.82. The molecule has 0 unspecified atom stereocenters. The summed E-state index contributed by atoms with van der Waals surface area (Å²) in [5.74, 6) is 0.926. The largest absolute Gasteiger partial charge is 0.382 e. The fourth-order valence-electron chi connectivity index (χ4n) is 1.76. The van der Waals surface area contributed by atoms with Crippen LogP contribution in [0.4, 0.5) is 0 Å². The molecule has 0 amide bonds. The van der Waals surface area contributed by atoms with Crippen molar-refractivity contribution in [3.05, 3.63) is 16.1 Å². The van der Waals surface area contributed by atoms with Crippen LogP contribution in [0.1, 0.15) is 31.0 Å². The number of nitrogens with one attached hydrogen (secondary N) is 1. The molecule has 1 aromatic heterocycles. The lowest BCUT2D eigenvalue weighted by molar-refractivity contribution is 0.146. The Balaban J connectivity index is 0.00000400. The predicted octanol–water partition coefficient (Wildman–Crippen LogP) is 2.89. The molecule has 0 saturated heterocycles. The number of hydrogen-bond donors (Lipinski definition) is 1. The first-order chi connectivity index (χ1) is 9.67. The zero-order chi connectivity index (χ0) is 14.8. The Morgan fingerprint density at radius 3 is 2.81 bits per heavy atom. The van der Waals surface area contributed by atoms with Crippen molar-refractivity contribution in [2.24, 2.45) is 4.99 Å². The van der Waals surface area contributed by atoms with Gasteiger partial charge in [0, 0.05) is 38.7 Å². The van der Waals surface area contributed by atoms with Gasteiger partial charge in [0.2, 0.25) is 0 Å². The Kier molecular flexibility index (Phi) is 11.9. The second kappa shape index (κ2) is 12.2. The zero-order valence-electron chi connectivity index (χ0n) is 13.4. The minimum atomic E-state index is 0. The van der Waals surface area contributed by atoms with E-state index in [0.29, 0.717) is 0 Å². The number of halogens is 1. The van der Waals surface area contributed by atoms with Crippen LogP contribution in [0, 0.1) is 6.92 Å². The molecular weight excluding hydrogens is 399 g/mol. The maximum atomic E-state index is 5.32. The molecule has 5 nitrogen and oxygen atoms in total. The van der Waals surface area contributed by atoms with Gasteiger partial charge in [-0.15, -0.1) is 35.3 Å². The SMILES string of the molecule is CCNC(=NCCCOCC)N(C)Cc1csc(C)n1.I. The quantitative estimate of drug-likeness (QED) is 0.301. The van der Waals surface area contributed by atoms with Gasteiger partial charge in [0.25, 0.3) is 0 Å². The van der Waals surface area contributed by atoms with Gasteiger partial charge in [-0.2, -0.15) is 0 Å². The topological polar surface area (TPSA) is 49.8 Å². The molecule has 1 N–H and O–H groups in total. The van der Waals surface area contributed by atoms with Crippen LogP contribution < -0.4 is 5.32 Å². The van der Waals surface area contributed by atoms with E-state index < -0.39 is 0 Å². The third-order valence-corrected chi connectivity index (χ3v) is 3.50. The third-order valence-electron chi connectivity index (χ3n) is 2.67. The van der Waals surface area contributed by atoms with Crippen LogP contribution in [-0.4, -0.2) is 49.2 Å². The van der Waals surface area contributed by atoms with Gasteiger partial charge in [-0.25, -0.2) is 4.98 Å². The van der Waals surface area contributed by atoms with Crippen LogP contribution in [0.2, 0.25) is 0 Å². The lowest BCUT2D eigenvalue weighted by Crippen LogP contribution is -2.38. The van der Waals surface area contributed by atoms with Crippen molar-refractivity contribution >= 4 is 41.3 Å². The predicted molar refractivity (Wildman–Crippen MR) is 101 cm³/mol. The van der Waals surface area contributed by atoms with Crippen LogP contribution in [0.15, 0.2) is 10.4 Å². The highest BCUT2D eigenvalue weighted by Crippen LogP contribution is 2.09. The van der Waals surface area contributed by atoms with Crippen molar-refractivity contribution in [2.45, 2.75) is 33.7 Å². The van der Waals surface area contributed by atoms with Crippen molar-refractivity contribution in [3.8, 4) is 0 Å². The number of thiazole rings is 1. The average molecular weight is 426 g/mol. The van der Waals surface area contributed by atoms with Gasteiger partial charge in [0.05, 0.1) is 17.2 Å². The molecule has 0 fully saturated rings. The second-order valence-electron chi connectivity index (χ2n) is 4.50. The second-order valence-corrected chi connectivity index (χ2v) is 5.56. The molecule has 21 heavy (non-hydrogen) atoms. The van der Waals surface area contributed by atoms with Gasteiger partial charge in [0.1, 0.15) is 0 Å². The summed E-state index contributed by atoms with van der Waals surface area (Å²) in [5.41, 5.74) is 1.09. The number of nitrogens with zero attached hydrogens (tertiary/aromatic N) is 3. The maximum Gasteiger partial charge on any atom is 0.194 e. The van der Waals surface area contributed by atoms with Crippen LogP contribution in [0.3, 0.4) is 0 Å². The molecule has 1 heterocycles. The number of aliphatic imine (C=N–C) groups is 1. The minimum Gasteiger partial charge on any atom is -0.382 e. The van der Waals surface area contributed by atoms with Gasteiger partial charge in [0.15, 0.2) is 5.96 Å². The summed E-state index contributed by atoms with van der Waals surface area (Å²) in [7, 11) is 2.04. The summed E-state index contributed by atoms with van der Waals surface area (Å²) in [6, 6.07) is 0. The van der Waals surface area contributed by atoms with E-state index in [4.69, 9.17) is 4.74 Å². The van der Waals surface area contributed by atoms with Gasteiger partial charge < -0.3 is 15.0 Å². The van der Waals surface area contributed by atoms with Gasteiger partial charge >= 0.3 is 0 Å². The molecule has 7 heteroatoms. The summed E-state index contributed by atoms with van der Waals surface area (Å²) in [6.45, 7) is 10.1. The first-order valence-electron chi connectivity index (χ1n) is 7.15. The van der Waals surface area contributed by atoms with E-state index in [1.54, 1.807) is 11.3 Å². The standard InChI is InChI=1S/C14H26N4OS.HI/c1-5-15-14(16-8-7-9-19-6-2)18(4)10-13-11-20-12(3)17-13;/h11H,5-10H2,1-4H3,(H,15,16);1H. The van der Waals surface area contributed by atoms with Crippen molar-refractivity contribution in [2.75, 3.05) is 33.4 Å². The van der Waals surface area contributed by atoms with Crippen molar-refractivity contribution in [3.63, 3.8) is 0 Å². The molecule has 0 aliphatic heterocycles. The van der Waals surface area contributed by atoms with Crippen LogP contribution in [0.5, 0.6) is 0 Å². The lowest BCUT2D eigenvalue weighted by Gasteiger charge is -2.21. The molecule has 1 aromatic rings. The molecule has 0 aromatic carbocycles. The number of ether oxygens (including phenoxy) is 1. The number of guanidine groups is 1. The van der Waals surface area contributed by atoms with Gasteiger partial charge in [-0.05, 0) is 27.2 Å². The van der Waals surface area contributed by atoms with E-state index in [1.807, 2.05) is 20.9 Å². The van der Waals surface area contributed by atoms with Crippen molar-refractivity contribution in [1.82, 2.24) is 15.2 Å². The molecular formula is C14H27IN4OS. The van der Waals surface area contributed by atoms with E-state index >= 15 is 0 Å². The molecule has 0 spiro atoms. The number of aryl methyl sites for hydroxylation is 1. The summed E-state index contributed by atoms with van der Waals surface area (Å²) in [5, 5.41) is 6.52. The molecule has 0 radical (unpaired) electrons. The van der Waals surface area contributed by atoms with E-state index in [-0.39, 0.29) is 24.0 Å². The summed E-state index contributed by atoms with van der Waals surface area (Å²) in [6.07, 6.45) is 0.951. The highest BCUT2D eigenvalue weighted by molar-refractivity contribution is 14.0. The third kappa shape index (κ3) is 8.57. The van der Waals surface area contributed by atoms with E-state index in [9.17, 15) is 0 Å². The van der Waals surface area contributed by atoms with Crippen LogP contribution >= 0.6 is 35.3 Å². The highest BCUT2D eigenvalue weighted by atomic mass is 127. The molecule has 0 saturated carbocycles. The summed E-state index contributed by atoms with van der Waals surface area (Å²) in [4.78, 5) is 11.2.